The normalized spacial score (nSPS) is 62.2. The molecule has 1 aliphatic heterocycles. The Balaban J connectivity index is 1.33. The molecule has 1 N–H and O–H groups in total. The molecule has 0 aromatic carbocycles. The third-order valence-electron chi connectivity index (χ3n) is 10.1. The maximum Gasteiger partial charge on any atom is 0.167 e. The first kappa shape index (κ1) is 15.6. The first-order chi connectivity index (χ1) is 12.0. The zero-order valence-corrected chi connectivity index (χ0v) is 15.5. The fourth-order valence-electron chi connectivity index (χ4n) is 8.99. The SMILES string of the molecule is C[C@]12CC[C@@H](O)C[C@@H]1CCC1C3CCC4C(=O)C5OC5C[C@@]43CCC12. The van der Waals surface area contributed by atoms with Crippen LogP contribution in [0, 0.1) is 40.4 Å². The molecule has 6 rings (SSSR count). The van der Waals surface area contributed by atoms with Crippen molar-refractivity contribution in [2.24, 2.45) is 40.4 Å². The van der Waals surface area contributed by atoms with Crippen molar-refractivity contribution in [1.29, 1.82) is 0 Å². The number of hydrogen-bond donors (Lipinski definition) is 1. The molecule has 3 heteroatoms. The van der Waals surface area contributed by atoms with Gasteiger partial charge in [-0.3, -0.25) is 4.79 Å². The van der Waals surface area contributed by atoms with E-state index in [0.717, 1.165) is 42.9 Å². The summed E-state index contributed by atoms with van der Waals surface area (Å²) >= 11 is 0. The maximum atomic E-state index is 12.8. The van der Waals surface area contributed by atoms with Crippen molar-refractivity contribution in [3.05, 3.63) is 0 Å². The minimum atomic E-state index is -0.0552. The van der Waals surface area contributed by atoms with E-state index in [4.69, 9.17) is 4.74 Å². The van der Waals surface area contributed by atoms with Crippen LogP contribution in [0.2, 0.25) is 0 Å². The molecule has 0 aromatic heterocycles. The fourth-order valence-corrected chi connectivity index (χ4v) is 8.99. The summed E-state index contributed by atoms with van der Waals surface area (Å²) in [5, 5.41) is 10.2. The van der Waals surface area contributed by atoms with E-state index in [1.54, 1.807) is 0 Å². The largest absolute Gasteiger partial charge is 0.393 e. The Morgan fingerprint density at radius 3 is 2.80 bits per heavy atom. The highest BCUT2D eigenvalue weighted by atomic mass is 16.6. The van der Waals surface area contributed by atoms with Crippen LogP contribution in [0.3, 0.4) is 0 Å². The second kappa shape index (κ2) is 4.90. The van der Waals surface area contributed by atoms with Gasteiger partial charge in [-0.2, -0.15) is 0 Å². The summed E-state index contributed by atoms with van der Waals surface area (Å²) in [4.78, 5) is 12.8. The van der Waals surface area contributed by atoms with Crippen LogP contribution >= 0.6 is 0 Å². The van der Waals surface area contributed by atoms with Crippen molar-refractivity contribution in [1.82, 2.24) is 0 Å². The molecule has 3 nitrogen and oxygen atoms in total. The molecule has 6 aliphatic rings. The van der Waals surface area contributed by atoms with Crippen LogP contribution in [0.1, 0.15) is 71.1 Å². The number of aliphatic hydroxyl groups excluding tert-OH is 1. The van der Waals surface area contributed by atoms with Crippen LogP contribution in [-0.4, -0.2) is 29.2 Å². The smallest absolute Gasteiger partial charge is 0.167 e. The Morgan fingerprint density at radius 1 is 1.04 bits per heavy atom. The number of epoxide rings is 1. The van der Waals surface area contributed by atoms with Gasteiger partial charge in [0.05, 0.1) is 12.2 Å². The topological polar surface area (TPSA) is 49.8 Å². The molecular weight excluding hydrogens is 312 g/mol. The van der Waals surface area contributed by atoms with Crippen molar-refractivity contribution < 1.29 is 14.6 Å². The molecule has 138 valence electrons. The quantitative estimate of drug-likeness (QED) is 0.681. The zero-order chi connectivity index (χ0) is 17.0. The lowest BCUT2D eigenvalue weighted by atomic mass is 9.43. The van der Waals surface area contributed by atoms with E-state index in [1.165, 1.54) is 44.9 Å². The summed E-state index contributed by atoms with van der Waals surface area (Å²) in [7, 11) is 0. The molecule has 25 heavy (non-hydrogen) atoms. The van der Waals surface area contributed by atoms with Gasteiger partial charge in [0.15, 0.2) is 5.78 Å². The minimum absolute atomic E-state index is 0.0137. The van der Waals surface area contributed by atoms with E-state index in [-0.39, 0.29) is 18.3 Å². The van der Waals surface area contributed by atoms with Gasteiger partial charge in [0.2, 0.25) is 0 Å². The number of hydrogen-bond acceptors (Lipinski definition) is 3. The van der Waals surface area contributed by atoms with Crippen molar-refractivity contribution in [2.45, 2.75) is 89.4 Å². The molecular formula is C22H32O3. The van der Waals surface area contributed by atoms with Gasteiger partial charge < -0.3 is 9.84 Å². The van der Waals surface area contributed by atoms with E-state index < -0.39 is 0 Å². The molecule has 1 spiro atoms. The van der Waals surface area contributed by atoms with Crippen LogP contribution in [-0.2, 0) is 9.53 Å². The number of Topliss-reactive ketones (excluding diaryl/α,β-unsaturated/α-hetero) is 1. The first-order valence-corrected chi connectivity index (χ1v) is 10.9. The van der Waals surface area contributed by atoms with Gasteiger partial charge in [0.1, 0.15) is 6.10 Å². The fraction of sp³-hybridized carbons (Fsp3) is 0.955. The van der Waals surface area contributed by atoms with Crippen molar-refractivity contribution in [3.8, 4) is 0 Å². The van der Waals surface area contributed by atoms with Crippen LogP contribution in [0.15, 0.2) is 0 Å². The Kier molecular flexibility index (Phi) is 3.06. The maximum absolute atomic E-state index is 12.8. The van der Waals surface area contributed by atoms with Crippen molar-refractivity contribution in [3.63, 3.8) is 0 Å². The molecule has 6 unspecified atom stereocenters. The van der Waals surface area contributed by atoms with E-state index >= 15 is 0 Å². The minimum Gasteiger partial charge on any atom is -0.393 e. The number of aliphatic hydroxyl groups is 1. The Hall–Kier alpha value is -0.410. The van der Waals surface area contributed by atoms with Crippen molar-refractivity contribution >= 4 is 5.78 Å². The van der Waals surface area contributed by atoms with Gasteiger partial charge in [0.25, 0.3) is 0 Å². The molecule has 1 saturated heterocycles. The average molecular weight is 344 g/mol. The van der Waals surface area contributed by atoms with E-state index in [1.807, 2.05) is 0 Å². The third kappa shape index (κ3) is 1.87. The molecule has 10 atom stereocenters. The molecule has 0 bridgehead atoms. The number of ketones is 1. The van der Waals surface area contributed by atoms with Crippen LogP contribution < -0.4 is 0 Å². The zero-order valence-electron chi connectivity index (χ0n) is 15.5. The second-order valence-corrected chi connectivity index (χ2v) is 10.7. The number of fused-ring (bicyclic) bond motifs is 5. The first-order valence-electron chi connectivity index (χ1n) is 10.9. The average Bonchev–Trinajstić information content (AvgIpc) is 3.25. The summed E-state index contributed by atoms with van der Waals surface area (Å²) in [6.45, 7) is 2.55. The van der Waals surface area contributed by atoms with Crippen molar-refractivity contribution in [2.75, 3.05) is 0 Å². The lowest BCUT2D eigenvalue weighted by Crippen LogP contribution is -2.56. The van der Waals surface area contributed by atoms with Gasteiger partial charge in [0, 0.05) is 5.92 Å². The highest BCUT2D eigenvalue weighted by Crippen LogP contribution is 2.70. The van der Waals surface area contributed by atoms with Gasteiger partial charge in [-0.1, -0.05) is 6.92 Å². The molecule has 0 aromatic rings. The molecule has 6 fully saturated rings. The van der Waals surface area contributed by atoms with Gasteiger partial charge >= 0.3 is 0 Å². The van der Waals surface area contributed by atoms with Gasteiger partial charge in [-0.25, -0.2) is 0 Å². The highest BCUT2D eigenvalue weighted by molar-refractivity contribution is 5.90. The molecule has 5 aliphatic carbocycles. The molecule has 5 saturated carbocycles. The Bertz CT molecular complexity index is 616. The molecule has 0 radical (unpaired) electrons. The van der Waals surface area contributed by atoms with E-state index in [0.29, 0.717) is 22.5 Å². The number of carbonyl (C=O) groups excluding carboxylic acids is 1. The van der Waals surface area contributed by atoms with Gasteiger partial charge in [-0.15, -0.1) is 0 Å². The Morgan fingerprint density at radius 2 is 1.92 bits per heavy atom. The van der Waals surface area contributed by atoms with Crippen LogP contribution in [0.4, 0.5) is 0 Å². The number of carbonyl (C=O) groups is 1. The Labute approximate surface area is 150 Å². The lowest BCUT2D eigenvalue weighted by Gasteiger charge is -2.61. The third-order valence-corrected chi connectivity index (χ3v) is 10.1. The monoisotopic (exact) mass is 344 g/mol. The van der Waals surface area contributed by atoms with Gasteiger partial charge in [-0.05, 0) is 98.7 Å². The molecule has 0 amide bonds. The predicted molar refractivity (Wildman–Crippen MR) is 93.8 cm³/mol. The predicted octanol–water partition coefficient (Wildman–Crippen LogP) is 3.73. The van der Waals surface area contributed by atoms with E-state index in [2.05, 4.69) is 6.92 Å². The lowest BCUT2D eigenvalue weighted by molar-refractivity contribution is -0.146. The summed E-state index contributed by atoms with van der Waals surface area (Å²) < 4.78 is 5.75. The summed E-state index contributed by atoms with van der Waals surface area (Å²) in [6, 6.07) is 0. The van der Waals surface area contributed by atoms with Crippen LogP contribution in [0.25, 0.3) is 0 Å². The van der Waals surface area contributed by atoms with Crippen LogP contribution in [0.5, 0.6) is 0 Å². The summed E-state index contributed by atoms with van der Waals surface area (Å²) in [5.74, 6) is 3.96. The van der Waals surface area contributed by atoms with E-state index in [9.17, 15) is 9.90 Å². The second-order valence-electron chi connectivity index (χ2n) is 10.7. The summed E-state index contributed by atoms with van der Waals surface area (Å²) in [5.41, 5.74) is 0.742. The number of ether oxygens (including phenoxy) is 1. The highest BCUT2D eigenvalue weighted by Gasteiger charge is 2.69. The summed E-state index contributed by atoms with van der Waals surface area (Å²) in [6.07, 6.45) is 12.3. The molecule has 1 heterocycles. The number of rotatable bonds is 0. The standard InChI is InChI=1S/C22H32O3/c1-21-8-6-13(23)10-12(21)2-3-14-15(21)7-9-22-11-18-20(25-18)19(24)17(22)5-4-16(14)22/h12-18,20,23H,2-11H2,1H3/t12-,13+,14?,15?,16?,17?,18?,20?,21-,22+/m0/s1.